The van der Waals surface area contributed by atoms with E-state index in [1.165, 1.54) is 24.5 Å². The van der Waals surface area contributed by atoms with Crippen LogP contribution in [0.3, 0.4) is 0 Å². The van der Waals surface area contributed by atoms with Crippen molar-refractivity contribution >= 4 is 23.5 Å². The zero-order valence-electron chi connectivity index (χ0n) is 8.80. The van der Waals surface area contributed by atoms with Crippen LogP contribution in [0.25, 0.3) is 5.76 Å². The monoisotopic (exact) mass is 233 g/mol. The van der Waals surface area contributed by atoms with Gasteiger partial charge in [0.25, 0.3) is 5.78 Å². The summed E-state index contributed by atoms with van der Waals surface area (Å²) >= 11 is 0. The van der Waals surface area contributed by atoms with Crippen LogP contribution in [0.1, 0.15) is 5.56 Å². The van der Waals surface area contributed by atoms with Gasteiger partial charge in [0.1, 0.15) is 0 Å². The molecule has 2 rings (SSSR count). The highest BCUT2D eigenvalue weighted by Gasteiger charge is 2.39. The summed E-state index contributed by atoms with van der Waals surface area (Å²) in [6, 6.07) is 3.04. The molecule has 0 amide bonds. The van der Waals surface area contributed by atoms with Crippen molar-refractivity contribution < 1.29 is 23.9 Å². The van der Waals surface area contributed by atoms with Gasteiger partial charge in [-0.3, -0.25) is 9.78 Å². The van der Waals surface area contributed by atoms with Gasteiger partial charge >= 0.3 is 11.9 Å². The van der Waals surface area contributed by atoms with Crippen LogP contribution in [0.4, 0.5) is 0 Å². The maximum atomic E-state index is 11.4. The number of cyclic esters (lactones) is 1. The number of carbonyl (C=O) groups is 3. The first-order valence-corrected chi connectivity index (χ1v) is 4.64. The van der Waals surface area contributed by atoms with E-state index in [4.69, 9.17) is 4.74 Å². The Hall–Kier alpha value is -2.50. The number of methoxy groups -OCH3 is 1. The Balaban J connectivity index is 2.55. The van der Waals surface area contributed by atoms with Crippen LogP contribution in [0.5, 0.6) is 0 Å². The summed E-state index contributed by atoms with van der Waals surface area (Å²) in [5.41, 5.74) is 0.0308. The third kappa shape index (κ3) is 1.80. The average molecular weight is 233 g/mol. The van der Waals surface area contributed by atoms with Crippen molar-refractivity contribution in [2.24, 2.45) is 0 Å². The molecule has 0 saturated carbocycles. The largest absolute Gasteiger partial charge is 0.465 e. The number of pyridine rings is 1. The van der Waals surface area contributed by atoms with Crippen molar-refractivity contribution in [3.63, 3.8) is 0 Å². The summed E-state index contributed by atoms with van der Waals surface area (Å²) in [5.74, 6) is -3.07. The second-order valence-electron chi connectivity index (χ2n) is 3.15. The molecule has 0 N–H and O–H groups in total. The smallest absolute Gasteiger partial charge is 0.385 e. The van der Waals surface area contributed by atoms with Crippen molar-refractivity contribution in [2.75, 3.05) is 7.11 Å². The molecule has 0 atom stereocenters. The summed E-state index contributed by atoms with van der Waals surface area (Å²) in [6.45, 7) is 0. The molecule has 0 aliphatic carbocycles. The molecule has 2 heterocycles. The first-order valence-electron chi connectivity index (χ1n) is 4.64. The zero-order valence-corrected chi connectivity index (χ0v) is 8.80. The Morgan fingerprint density at radius 2 is 1.94 bits per heavy atom. The van der Waals surface area contributed by atoms with Gasteiger partial charge in [0.2, 0.25) is 0 Å². The predicted molar refractivity (Wildman–Crippen MR) is 54.3 cm³/mol. The zero-order chi connectivity index (χ0) is 12.4. The molecule has 0 saturated heterocycles. The molecule has 1 aromatic heterocycles. The molecule has 6 nitrogen and oxygen atoms in total. The maximum Gasteiger partial charge on any atom is 0.385 e. The van der Waals surface area contributed by atoms with Gasteiger partial charge in [0.05, 0.1) is 7.11 Å². The molecule has 0 unspecified atom stereocenters. The third-order valence-corrected chi connectivity index (χ3v) is 2.17. The van der Waals surface area contributed by atoms with Gasteiger partial charge in [0.15, 0.2) is 11.3 Å². The number of Topliss-reactive ketones (excluding diaryl/α,β-unsaturated/α-hetero) is 1. The quantitative estimate of drug-likeness (QED) is 0.409. The molecule has 1 aliphatic heterocycles. The van der Waals surface area contributed by atoms with Gasteiger partial charge in [0, 0.05) is 18.0 Å². The SMILES string of the molecule is COC(=O)C1=C(c2ccncc2)OC(=O)C1=O. The van der Waals surface area contributed by atoms with E-state index >= 15 is 0 Å². The van der Waals surface area contributed by atoms with E-state index < -0.39 is 17.7 Å². The second kappa shape index (κ2) is 4.17. The number of rotatable bonds is 2. The lowest BCUT2D eigenvalue weighted by atomic mass is 10.1. The van der Waals surface area contributed by atoms with Crippen molar-refractivity contribution in [1.82, 2.24) is 4.98 Å². The molecule has 1 aliphatic rings. The first kappa shape index (κ1) is 11.0. The first-order chi connectivity index (χ1) is 8.15. The Labute approximate surface area is 95.9 Å². The lowest BCUT2D eigenvalue weighted by molar-refractivity contribution is -0.146. The Kier molecular flexibility index (Phi) is 2.70. The Morgan fingerprint density at radius 1 is 1.29 bits per heavy atom. The van der Waals surface area contributed by atoms with E-state index in [2.05, 4.69) is 9.72 Å². The van der Waals surface area contributed by atoms with Gasteiger partial charge in [-0.2, -0.15) is 0 Å². The van der Waals surface area contributed by atoms with E-state index in [-0.39, 0.29) is 11.3 Å². The number of aromatic nitrogens is 1. The molecule has 86 valence electrons. The van der Waals surface area contributed by atoms with E-state index in [0.717, 1.165) is 7.11 Å². The lowest BCUT2D eigenvalue weighted by Crippen LogP contribution is -2.16. The number of ketones is 1. The van der Waals surface area contributed by atoms with Crippen LogP contribution in [-0.2, 0) is 23.9 Å². The van der Waals surface area contributed by atoms with E-state index in [0.29, 0.717) is 5.56 Å². The minimum absolute atomic E-state index is 0.0887. The number of ether oxygens (including phenoxy) is 2. The minimum atomic E-state index is -1.09. The fourth-order valence-corrected chi connectivity index (χ4v) is 1.39. The fourth-order valence-electron chi connectivity index (χ4n) is 1.39. The van der Waals surface area contributed by atoms with Crippen molar-refractivity contribution in [1.29, 1.82) is 0 Å². The summed E-state index contributed by atoms with van der Waals surface area (Å²) in [5, 5.41) is 0. The van der Waals surface area contributed by atoms with Gasteiger partial charge in [-0.25, -0.2) is 9.59 Å². The third-order valence-electron chi connectivity index (χ3n) is 2.17. The normalized spacial score (nSPS) is 14.9. The topological polar surface area (TPSA) is 82.6 Å². The van der Waals surface area contributed by atoms with Crippen molar-refractivity contribution in [3.05, 3.63) is 35.7 Å². The predicted octanol–water partition coefficient (Wildman–Crippen LogP) is 0.0916. The number of hydrogen-bond donors (Lipinski definition) is 0. The molecule has 0 spiro atoms. The number of esters is 2. The van der Waals surface area contributed by atoms with Crippen LogP contribution in [0.15, 0.2) is 30.1 Å². The molecular formula is C11H7NO5. The number of carbonyl (C=O) groups excluding carboxylic acids is 3. The van der Waals surface area contributed by atoms with Gasteiger partial charge in [-0.05, 0) is 12.1 Å². The van der Waals surface area contributed by atoms with Crippen LogP contribution in [-0.4, -0.2) is 29.8 Å². The fraction of sp³-hybridized carbons (Fsp3) is 0.0909. The molecular weight excluding hydrogens is 226 g/mol. The average Bonchev–Trinajstić information content (AvgIpc) is 2.66. The highest BCUT2D eigenvalue weighted by atomic mass is 16.6. The standard InChI is InChI=1S/C11H7NO5/c1-16-10(14)7-8(13)11(15)17-9(7)6-2-4-12-5-3-6/h2-5H,1H3. The van der Waals surface area contributed by atoms with Crippen LogP contribution >= 0.6 is 0 Å². The van der Waals surface area contributed by atoms with Gasteiger partial charge < -0.3 is 9.47 Å². The number of nitrogens with zero attached hydrogens (tertiary/aromatic N) is 1. The molecule has 0 radical (unpaired) electrons. The molecule has 0 bridgehead atoms. The molecule has 1 aromatic rings. The number of hydrogen-bond acceptors (Lipinski definition) is 6. The van der Waals surface area contributed by atoms with Crippen LogP contribution < -0.4 is 0 Å². The van der Waals surface area contributed by atoms with Crippen LogP contribution in [0, 0.1) is 0 Å². The summed E-state index contributed by atoms with van der Waals surface area (Å²) in [6.07, 6.45) is 2.90. The van der Waals surface area contributed by atoms with E-state index in [1.54, 1.807) is 0 Å². The second-order valence-corrected chi connectivity index (χ2v) is 3.15. The highest BCUT2D eigenvalue weighted by molar-refractivity contribution is 6.51. The van der Waals surface area contributed by atoms with Crippen molar-refractivity contribution in [3.8, 4) is 0 Å². The summed E-state index contributed by atoms with van der Waals surface area (Å²) < 4.78 is 9.20. The molecule has 0 fully saturated rings. The molecule has 0 aromatic carbocycles. The van der Waals surface area contributed by atoms with Gasteiger partial charge in [-0.15, -0.1) is 0 Å². The molecule has 6 heteroatoms. The maximum absolute atomic E-state index is 11.4. The summed E-state index contributed by atoms with van der Waals surface area (Å²) in [7, 11) is 1.12. The molecule has 17 heavy (non-hydrogen) atoms. The summed E-state index contributed by atoms with van der Waals surface area (Å²) in [4.78, 5) is 37.8. The van der Waals surface area contributed by atoms with Gasteiger partial charge in [-0.1, -0.05) is 0 Å². The van der Waals surface area contributed by atoms with E-state index in [9.17, 15) is 14.4 Å². The Bertz CT molecular complexity index is 532. The highest BCUT2D eigenvalue weighted by Crippen LogP contribution is 2.27. The van der Waals surface area contributed by atoms with Crippen molar-refractivity contribution in [2.45, 2.75) is 0 Å². The van der Waals surface area contributed by atoms with Crippen LogP contribution in [0.2, 0.25) is 0 Å². The van der Waals surface area contributed by atoms with E-state index in [1.807, 2.05) is 0 Å². The minimum Gasteiger partial charge on any atom is -0.465 e. The Morgan fingerprint density at radius 3 is 2.53 bits per heavy atom. The lowest BCUT2D eigenvalue weighted by Gasteiger charge is -2.02.